The molecule has 0 aliphatic heterocycles. The Balaban J connectivity index is 2.32. The van der Waals surface area contributed by atoms with E-state index in [4.69, 9.17) is 10.5 Å². The van der Waals surface area contributed by atoms with Crippen molar-refractivity contribution in [2.75, 3.05) is 19.7 Å². The molecule has 0 saturated heterocycles. The monoisotopic (exact) mass is 258 g/mol. The van der Waals surface area contributed by atoms with Crippen molar-refractivity contribution in [1.29, 1.82) is 0 Å². The van der Waals surface area contributed by atoms with Crippen LogP contribution in [0.2, 0.25) is 0 Å². The van der Waals surface area contributed by atoms with Gasteiger partial charge in [-0.2, -0.15) is 0 Å². The number of nitrogens with zero attached hydrogens (tertiary/aromatic N) is 1. The van der Waals surface area contributed by atoms with Crippen LogP contribution in [0.4, 0.5) is 0 Å². The van der Waals surface area contributed by atoms with Gasteiger partial charge in [0.15, 0.2) is 0 Å². The highest BCUT2D eigenvalue weighted by Gasteiger charge is 2.24. The molecule has 4 heteroatoms. The fourth-order valence-corrected chi connectivity index (χ4v) is 2.63. The van der Waals surface area contributed by atoms with Crippen molar-refractivity contribution in [3.8, 4) is 0 Å². The quantitative estimate of drug-likeness (QED) is 0.724. The molecule has 3 N–H and O–H groups in total. The average molecular weight is 258 g/mol. The molecule has 0 radical (unpaired) electrons. The lowest BCUT2D eigenvalue weighted by Crippen LogP contribution is -2.45. The van der Waals surface area contributed by atoms with Crippen molar-refractivity contribution in [2.45, 2.75) is 70.7 Å². The van der Waals surface area contributed by atoms with E-state index < -0.39 is 0 Å². The van der Waals surface area contributed by atoms with Gasteiger partial charge in [-0.3, -0.25) is 4.90 Å². The van der Waals surface area contributed by atoms with Crippen LogP contribution in [0.1, 0.15) is 46.5 Å². The molecule has 18 heavy (non-hydrogen) atoms. The Kier molecular flexibility index (Phi) is 7.15. The maximum absolute atomic E-state index is 9.99. The highest BCUT2D eigenvalue weighted by atomic mass is 16.5. The van der Waals surface area contributed by atoms with E-state index in [1.54, 1.807) is 0 Å². The minimum Gasteiger partial charge on any atom is -0.389 e. The van der Waals surface area contributed by atoms with Gasteiger partial charge in [-0.15, -0.1) is 0 Å². The molecular weight excluding hydrogens is 228 g/mol. The van der Waals surface area contributed by atoms with Crippen molar-refractivity contribution in [3.05, 3.63) is 0 Å². The summed E-state index contributed by atoms with van der Waals surface area (Å²) in [6, 6.07) is 0.970. The van der Waals surface area contributed by atoms with Crippen LogP contribution < -0.4 is 5.73 Å². The van der Waals surface area contributed by atoms with Crippen molar-refractivity contribution in [3.63, 3.8) is 0 Å². The zero-order chi connectivity index (χ0) is 13.5. The Labute approximate surface area is 111 Å². The molecule has 0 bridgehead atoms. The van der Waals surface area contributed by atoms with Crippen LogP contribution in [0, 0.1) is 0 Å². The van der Waals surface area contributed by atoms with E-state index in [2.05, 4.69) is 11.8 Å². The highest BCUT2D eigenvalue weighted by molar-refractivity contribution is 4.81. The van der Waals surface area contributed by atoms with Gasteiger partial charge in [-0.1, -0.05) is 6.92 Å². The molecule has 1 aliphatic rings. The van der Waals surface area contributed by atoms with Crippen LogP contribution in [-0.4, -0.2) is 54.0 Å². The summed E-state index contributed by atoms with van der Waals surface area (Å²) in [5.74, 6) is 0. The number of rotatable bonds is 7. The molecule has 4 nitrogen and oxygen atoms in total. The number of aliphatic hydroxyl groups excluding tert-OH is 1. The van der Waals surface area contributed by atoms with Gasteiger partial charge in [0, 0.05) is 18.6 Å². The minimum atomic E-state index is -0.386. The van der Waals surface area contributed by atoms with E-state index in [1.165, 1.54) is 0 Å². The van der Waals surface area contributed by atoms with Crippen molar-refractivity contribution in [1.82, 2.24) is 4.90 Å². The summed E-state index contributed by atoms with van der Waals surface area (Å²) in [7, 11) is 0. The topological polar surface area (TPSA) is 58.7 Å². The fourth-order valence-electron chi connectivity index (χ4n) is 2.63. The van der Waals surface area contributed by atoms with Gasteiger partial charge < -0.3 is 15.6 Å². The molecule has 1 rings (SSSR count). The number of nitrogens with two attached hydrogens (primary N) is 1. The lowest BCUT2D eigenvalue weighted by atomic mass is 9.90. The summed E-state index contributed by atoms with van der Waals surface area (Å²) in [4.78, 5) is 2.38. The standard InChI is InChI=1S/C14H30N2O2/c1-4-16(9-14(17)10-18-11(2)3)13-7-5-12(15)6-8-13/h11-14,17H,4-10,15H2,1-3H3. The third kappa shape index (κ3) is 5.65. The lowest BCUT2D eigenvalue weighted by molar-refractivity contribution is -0.0161. The lowest BCUT2D eigenvalue weighted by Gasteiger charge is -2.36. The van der Waals surface area contributed by atoms with Gasteiger partial charge >= 0.3 is 0 Å². The normalized spacial score (nSPS) is 26.8. The summed E-state index contributed by atoms with van der Waals surface area (Å²) < 4.78 is 5.46. The summed E-state index contributed by atoms with van der Waals surface area (Å²) in [5, 5.41) is 9.99. The molecule has 0 aromatic rings. The molecule has 1 unspecified atom stereocenters. The molecule has 1 saturated carbocycles. The van der Waals surface area contributed by atoms with Gasteiger partial charge in [0.1, 0.15) is 0 Å². The van der Waals surface area contributed by atoms with Gasteiger partial charge in [-0.25, -0.2) is 0 Å². The molecule has 1 fully saturated rings. The Morgan fingerprint density at radius 3 is 2.39 bits per heavy atom. The van der Waals surface area contributed by atoms with E-state index in [-0.39, 0.29) is 12.2 Å². The number of hydrogen-bond donors (Lipinski definition) is 2. The molecule has 108 valence electrons. The summed E-state index contributed by atoms with van der Waals surface area (Å²) >= 11 is 0. The molecule has 0 amide bonds. The van der Waals surface area contributed by atoms with E-state index in [1.807, 2.05) is 13.8 Å². The first-order valence-corrected chi connectivity index (χ1v) is 7.32. The van der Waals surface area contributed by atoms with Crippen LogP contribution in [0.15, 0.2) is 0 Å². The Bertz CT molecular complexity index is 216. The number of likely N-dealkylation sites (N-methyl/N-ethyl adjacent to an activating group) is 1. The second-order valence-electron chi connectivity index (χ2n) is 5.69. The van der Waals surface area contributed by atoms with Crippen molar-refractivity contribution < 1.29 is 9.84 Å². The van der Waals surface area contributed by atoms with Gasteiger partial charge in [0.2, 0.25) is 0 Å². The first-order valence-electron chi connectivity index (χ1n) is 7.32. The summed E-state index contributed by atoms with van der Waals surface area (Å²) in [6.07, 6.45) is 4.34. The third-order valence-electron chi connectivity index (χ3n) is 3.73. The smallest absolute Gasteiger partial charge is 0.0900 e. The third-order valence-corrected chi connectivity index (χ3v) is 3.73. The second-order valence-corrected chi connectivity index (χ2v) is 5.69. The van der Waals surface area contributed by atoms with Gasteiger partial charge in [0.25, 0.3) is 0 Å². The number of aliphatic hydroxyl groups is 1. The van der Waals surface area contributed by atoms with Gasteiger partial charge in [0.05, 0.1) is 18.8 Å². The van der Waals surface area contributed by atoms with E-state index in [0.29, 0.717) is 25.2 Å². The minimum absolute atomic E-state index is 0.183. The largest absolute Gasteiger partial charge is 0.389 e. The summed E-state index contributed by atoms with van der Waals surface area (Å²) in [6.45, 7) is 8.27. The molecule has 1 atom stereocenters. The number of ether oxygens (including phenoxy) is 1. The van der Waals surface area contributed by atoms with E-state index in [0.717, 1.165) is 32.2 Å². The first-order chi connectivity index (χ1) is 8.52. The Morgan fingerprint density at radius 2 is 1.89 bits per heavy atom. The maximum atomic E-state index is 9.99. The predicted molar refractivity (Wildman–Crippen MR) is 74.6 cm³/mol. The van der Waals surface area contributed by atoms with Crippen LogP contribution in [0.3, 0.4) is 0 Å². The molecule has 0 spiro atoms. The van der Waals surface area contributed by atoms with Crippen LogP contribution >= 0.6 is 0 Å². The second kappa shape index (κ2) is 8.10. The number of hydrogen-bond acceptors (Lipinski definition) is 4. The molecule has 0 aromatic heterocycles. The fraction of sp³-hybridized carbons (Fsp3) is 1.00. The molecular formula is C14H30N2O2. The zero-order valence-corrected chi connectivity index (χ0v) is 12.1. The molecule has 0 heterocycles. The van der Waals surface area contributed by atoms with Crippen LogP contribution in [0.5, 0.6) is 0 Å². The zero-order valence-electron chi connectivity index (χ0n) is 12.1. The average Bonchev–Trinajstić information content (AvgIpc) is 2.34. The van der Waals surface area contributed by atoms with Crippen LogP contribution in [-0.2, 0) is 4.74 Å². The molecule has 1 aliphatic carbocycles. The van der Waals surface area contributed by atoms with E-state index in [9.17, 15) is 5.11 Å². The molecule has 0 aromatic carbocycles. The first kappa shape index (κ1) is 15.9. The van der Waals surface area contributed by atoms with Crippen molar-refractivity contribution >= 4 is 0 Å². The van der Waals surface area contributed by atoms with Crippen molar-refractivity contribution in [2.24, 2.45) is 5.73 Å². The van der Waals surface area contributed by atoms with E-state index >= 15 is 0 Å². The van der Waals surface area contributed by atoms with Gasteiger partial charge in [-0.05, 0) is 46.1 Å². The predicted octanol–water partition coefficient (Wildman–Crippen LogP) is 1.36. The Morgan fingerprint density at radius 1 is 1.28 bits per heavy atom. The van der Waals surface area contributed by atoms with Crippen LogP contribution in [0.25, 0.3) is 0 Å². The highest BCUT2D eigenvalue weighted by Crippen LogP contribution is 2.22. The summed E-state index contributed by atoms with van der Waals surface area (Å²) in [5.41, 5.74) is 5.93. The maximum Gasteiger partial charge on any atom is 0.0900 e. The Hall–Kier alpha value is -0.160. The SMILES string of the molecule is CCN(CC(O)COC(C)C)C1CCC(N)CC1.